The zero-order chi connectivity index (χ0) is 24.8. The molecule has 0 spiro atoms. The fourth-order valence-corrected chi connectivity index (χ4v) is 3.77. The average molecular weight is 598 g/mol. The van der Waals surface area contributed by atoms with E-state index in [1.165, 1.54) is 16.7 Å². The van der Waals surface area contributed by atoms with Crippen molar-refractivity contribution in [2.24, 2.45) is 0 Å². The summed E-state index contributed by atoms with van der Waals surface area (Å²) in [5.74, 6) is 0.671. The van der Waals surface area contributed by atoms with Gasteiger partial charge in [0.1, 0.15) is 5.82 Å². The lowest BCUT2D eigenvalue weighted by molar-refractivity contribution is 0.626. The van der Waals surface area contributed by atoms with Crippen molar-refractivity contribution in [2.45, 2.75) is 0 Å². The van der Waals surface area contributed by atoms with Crippen LogP contribution in [0.15, 0.2) is 104 Å². The minimum Gasteiger partial charge on any atom is -0.327 e. The van der Waals surface area contributed by atoms with Crippen LogP contribution in [-0.4, -0.2) is 29.5 Å². The SMILES string of the molecule is O=c1[nH]cc(-c2ncccn2)cc1Br.O=c1c(Br)cc(-c2ncccn2)cn1-c1cccc(F)c1. The van der Waals surface area contributed by atoms with Crippen molar-refractivity contribution < 1.29 is 4.39 Å². The molecule has 4 heterocycles. The van der Waals surface area contributed by atoms with Crippen LogP contribution in [0.2, 0.25) is 0 Å². The van der Waals surface area contributed by atoms with Crippen molar-refractivity contribution in [3.05, 3.63) is 121 Å². The normalized spacial score (nSPS) is 10.4. The Morgan fingerprint density at radius 2 is 1.37 bits per heavy atom. The smallest absolute Gasteiger partial charge is 0.269 e. The van der Waals surface area contributed by atoms with Crippen molar-refractivity contribution in [2.75, 3.05) is 0 Å². The molecule has 35 heavy (non-hydrogen) atoms. The Hall–Kier alpha value is -3.83. The van der Waals surface area contributed by atoms with Crippen LogP contribution in [0.4, 0.5) is 4.39 Å². The Labute approximate surface area is 214 Å². The molecule has 1 aromatic carbocycles. The first kappa shape index (κ1) is 24.3. The van der Waals surface area contributed by atoms with Crippen LogP contribution < -0.4 is 11.1 Å². The summed E-state index contributed by atoms with van der Waals surface area (Å²) in [4.78, 5) is 42.3. The van der Waals surface area contributed by atoms with Gasteiger partial charge in [0, 0.05) is 48.3 Å². The zero-order valence-electron chi connectivity index (χ0n) is 17.8. The molecular formula is C24H15Br2FN6O2. The van der Waals surface area contributed by atoms with Gasteiger partial charge in [-0.3, -0.25) is 14.2 Å². The van der Waals surface area contributed by atoms with Crippen LogP contribution in [-0.2, 0) is 0 Å². The lowest BCUT2D eigenvalue weighted by Gasteiger charge is -2.09. The number of pyridine rings is 2. The second kappa shape index (κ2) is 11.1. The molecule has 0 saturated carbocycles. The number of H-pyrrole nitrogens is 1. The molecule has 0 aliphatic rings. The fraction of sp³-hybridized carbons (Fsp3) is 0. The van der Waals surface area contributed by atoms with E-state index in [0.29, 0.717) is 31.8 Å². The molecule has 11 heteroatoms. The second-order valence-electron chi connectivity index (χ2n) is 6.94. The number of halogens is 3. The molecule has 0 atom stereocenters. The molecular weight excluding hydrogens is 583 g/mol. The van der Waals surface area contributed by atoms with Crippen molar-refractivity contribution in [3.63, 3.8) is 0 Å². The van der Waals surface area contributed by atoms with Crippen LogP contribution in [0.3, 0.4) is 0 Å². The van der Waals surface area contributed by atoms with Gasteiger partial charge in [0.05, 0.1) is 14.6 Å². The summed E-state index contributed by atoms with van der Waals surface area (Å²) < 4.78 is 15.5. The van der Waals surface area contributed by atoms with Crippen LogP contribution in [0.25, 0.3) is 28.5 Å². The van der Waals surface area contributed by atoms with Crippen molar-refractivity contribution >= 4 is 31.9 Å². The van der Waals surface area contributed by atoms with Crippen molar-refractivity contribution in [3.8, 4) is 28.5 Å². The quantitative estimate of drug-likeness (QED) is 0.320. The monoisotopic (exact) mass is 596 g/mol. The minimum atomic E-state index is -0.406. The van der Waals surface area contributed by atoms with Gasteiger partial charge in [-0.1, -0.05) is 6.07 Å². The Kier molecular flexibility index (Phi) is 7.68. The molecule has 1 N–H and O–H groups in total. The van der Waals surface area contributed by atoms with Crippen LogP contribution in [0.1, 0.15) is 0 Å². The fourth-order valence-electron chi connectivity index (χ4n) is 2.97. The summed E-state index contributed by atoms with van der Waals surface area (Å²) in [6.45, 7) is 0. The number of nitrogens with one attached hydrogen (secondary N) is 1. The van der Waals surface area contributed by atoms with E-state index in [2.05, 4.69) is 56.8 Å². The Morgan fingerprint density at radius 3 is 1.97 bits per heavy atom. The standard InChI is InChI=1S/C15H9BrFN3O.C9H6BrN3O/c16-13-7-10(14-18-5-2-6-19-14)9-20(15(13)21)12-4-1-3-11(17)8-12;10-7-4-6(5-13-9(7)14)8-11-2-1-3-12-8/h1-9H;1-5H,(H,13,14). The number of aromatic amines is 1. The average Bonchev–Trinajstić information content (AvgIpc) is 2.88. The Balaban J connectivity index is 0.000000179. The molecule has 0 bridgehead atoms. The van der Waals surface area contributed by atoms with E-state index in [1.54, 1.807) is 73.6 Å². The summed E-state index contributed by atoms with van der Waals surface area (Å²) >= 11 is 6.37. The molecule has 5 aromatic rings. The Morgan fingerprint density at radius 1 is 0.771 bits per heavy atom. The molecule has 0 amide bonds. The predicted octanol–water partition coefficient (Wildman–Crippen LogP) is 4.79. The maximum atomic E-state index is 13.4. The number of aromatic nitrogens is 6. The van der Waals surface area contributed by atoms with Gasteiger partial charge in [-0.15, -0.1) is 0 Å². The van der Waals surface area contributed by atoms with Gasteiger partial charge in [0.15, 0.2) is 11.6 Å². The molecule has 174 valence electrons. The van der Waals surface area contributed by atoms with E-state index in [4.69, 9.17) is 0 Å². The van der Waals surface area contributed by atoms with Gasteiger partial charge in [0.25, 0.3) is 11.1 Å². The molecule has 8 nitrogen and oxygen atoms in total. The molecule has 0 unspecified atom stereocenters. The third-order valence-corrected chi connectivity index (χ3v) is 5.72. The van der Waals surface area contributed by atoms with E-state index in [0.717, 1.165) is 5.56 Å². The summed E-state index contributed by atoms with van der Waals surface area (Å²) in [6, 6.07) is 12.6. The van der Waals surface area contributed by atoms with E-state index in [1.807, 2.05) is 0 Å². The van der Waals surface area contributed by atoms with Gasteiger partial charge >= 0.3 is 0 Å². The lowest BCUT2D eigenvalue weighted by Crippen LogP contribution is -2.18. The summed E-state index contributed by atoms with van der Waals surface area (Å²) in [5, 5.41) is 0. The number of hydrogen-bond donors (Lipinski definition) is 1. The highest BCUT2D eigenvalue weighted by molar-refractivity contribution is 9.10. The third kappa shape index (κ3) is 6.00. The van der Waals surface area contributed by atoms with E-state index >= 15 is 0 Å². The molecule has 0 saturated heterocycles. The largest absolute Gasteiger partial charge is 0.327 e. The molecule has 5 rings (SSSR count). The molecule has 4 aromatic heterocycles. The van der Waals surface area contributed by atoms with E-state index in [-0.39, 0.29) is 11.1 Å². The first-order valence-electron chi connectivity index (χ1n) is 10.0. The molecule has 0 aliphatic carbocycles. The summed E-state index contributed by atoms with van der Waals surface area (Å²) in [6.07, 6.45) is 9.73. The van der Waals surface area contributed by atoms with Gasteiger partial charge in [-0.25, -0.2) is 24.3 Å². The number of nitrogens with zero attached hydrogens (tertiary/aromatic N) is 5. The van der Waals surface area contributed by atoms with Crippen molar-refractivity contribution in [1.29, 1.82) is 0 Å². The van der Waals surface area contributed by atoms with E-state index < -0.39 is 5.82 Å². The molecule has 0 radical (unpaired) electrons. The number of hydrogen-bond acceptors (Lipinski definition) is 6. The van der Waals surface area contributed by atoms with Crippen LogP contribution in [0, 0.1) is 5.82 Å². The first-order chi connectivity index (χ1) is 16.9. The van der Waals surface area contributed by atoms with Crippen LogP contribution in [0.5, 0.6) is 0 Å². The summed E-state index contributed by atoms with van der Waals surface area (Å²) in [7, 11) is 0. The topological polar surface area (TPSA) is 106 Å². The number of rotatable bonds is 3. The predicted molar refractivity (Wildman–Crippen MR) is 137 cm³/mol. The first-order valence-corrected chi connectivity index (χ1v) is 11.6. The second-order valence-corrected chi connectivity index (χ2v) is 8.65. The van der Waals surface area contributed by atoms with Gasteiger partial charge < -0.3 is 4.98 Å². The maximum Gasteiger partial charge on any atom is 0.269 e. The summed E-state index contributed by atoms with van der Waals surface area (Å²) in [5.41, 5.74) is 1.44. The zero-order valence-corrected chi connectivity index (χ0v) is 20.9. The number of benzene rings is 1. The van der Waals surface area contributed by atoms with Gasteiger partial charge in [-0.2, -0.15) is 0 Å². The molecule has 0 fully saturated rings. The van der Waals surface area contributed by atoms with Crippen molar-refractivity contribution in [1.82, 2.24) is 29.5 Å². The highest BCUT2D eigenvalue weighted by Gasteiger charge is 2.10. The van der Waals surface area contributed by atoms with Gasteiger partial charge in [0.2, 0.25) is 0 Å². The van der Waals surface area contributed by atoms with Gasteiger partial charge in [-0.05, 0) is 74.3 Å². The Bertz CT molecular complexity index is 1580. The minimum absolute atomic E-state index is 0.162. The maximum absolute atomic E-state index is 13.4. The highest BCUT2D eigenvalue weighted by Crippen LogP contribution is 2.19. The van der Waals surface area contributed by atoms with E-state index in [9.17, 15) is 14.0 Å². The van der Waals surface area contributed by atoms with Crippen LogP contribution >= 0.6 is 31.9 Å². The third-order valence-electron chi connectivity index (χ3n) is 4.57. The highest BCUT2D eigenvalue weighted by atomic mass is 79.9. The molecule has 0 aliphatic heterocycles. The lowest BCUT2D eigenvalue weighted by atomic mass is 10.2.